The highest BCUT2D eigenvalue weighted by molar-refractivity contribution is 6.07. The van der Waals surface area contributed by atoms with Crippen LogP contribution in [0.1, 0.15) is 45.1 Å². The van der Waals surface area contributed by atoms with Crippen LogP contribution in [-0.2, 0) is 29.3 Å². The minimum Gasteiger partial charge on any atom is -0.504 e. The molecule has 0 aliphatic carbocycles. The Hall–Kier alpha value is -2.67. The van der Waals surface area contributed by atoms with E-state index in [0.717, 1.165) is 24.2 Å². The van der Waals surface area contributed by atoms with Gasteiger partial charge in [0.15, 0.2) is 0 Å². The van der Waals surface area contributed by atoms with Crippen LogP contribution in [0.15, 0.2) is 36.1 Å². The molecule has 3 heterocycles. The summed E-state index contributed by atoms with van der Waals surface area (Å²) >= 11 is 0. The molecule has 1 spiro atoms. The summed E-state index contributed by atoms with van der Waals surface area (Å²) in [4.78, 5) is 40.8. The van der Waals surface area contributed by atoms with Gasteiger partial charge >= 0.3 is 5.97 Å². The van der Waals surface area contributed by atoms with Crippen LogP contribution in [0, 0.1) is 11.8 Å². The number of amides is 1. The smallest absolute Gasteiger partial charge is 0.337 e. The summed E-state index contributed by atoms with van der Waals surface area (Å²) in [5.41, 5.74) is 1.67. The summed E-state index contributed by atoms with van der Waals surface area (Å²) in [6, 6.07) is 7.70. The third kappa shape index (κ3) is 3.34. The molecule has 172 valence electrons. The zero-order valence-electron chi connectivity index (χ0n) is 19.2. The molecular formula is C25H32N2O5. The quantitative estimate of drug-likeness (QED) is 0.416. The molecule has 7 nitrogen and oxygen atoms in total. The highest BCUT2D eigenvalue weighted by Gasteiger charge is 2.62. The molecule has 2 saturated heterocycles. The predicted octanol–water partition coefficient (Wildman–Crippen LogP) is 3.05. The van der Waals surface area contributed by atoms with Gasteiger partial charge < -0.3 is 14.8 Å². The Kier molecular flexibility index (Phi) is 6.12. The fourth-order valence-electron chi connectivity index (χ4n) is 6.50. The van der Waals surface area contributed by atoms with Gasteiger partial charge in [0.05, 0.1) is 31.5 Å². The van der Waals surface area contributed by atoms with Crippen molar-refractivity contribution in [1.82, 2.24) is 4.90 Å². The number of nitrogens with zero attached hydrogens (tertiary/aromatic N) is 1. The van der Waals surface area contributed by atoms with E-state index in [4.69, 9.17) is 9.47 Å². The van der Waals surface area contributed by atoms with Crippen molar-refractivity contribution in [2.45, 2.75) is 57.0 Å². The van der Waals surface area contributed by atoms with Crippen LogP contribution in [0.5, 0.6) is 0 Å². The maximum atomic E-state index is 13.4. The predicted molar refractivity (Wildman–Crippen MR) is 120 cm³/mol. The number of fused-ring (bicyclic) bond motifs is 4. The molecule has 1 aromatic rings. The van der Waals surface area contributed by atoms with Gasteiger partial charge in [0, 0.05) is 30.7 Å². The molecule has 4 rings (SSSR count). The number of carbonyl (C=O) groups is 3. The Morgan fingerprint density at radius 1 is 1.28 bits per heavy atom. The lowest BCUT2D eigenvalue weighted by molar-refractivity contribution is -0.137. The monoisotopic (exact) mass is 440 g/mol. The van der Waals surface area contributed by atoms with E-state index in [1.54, 1.807) is 6.92 Å². The van der Waals surface area contributed by atoms with E-state index < -0.39 is 11.4 Å². The Bertz CT molecular complexity index is 957. The number of rotatable bonds is 6. The third-order valence-corrected chi connectivity index (χ3v) is 7.74. The maximum absolute atomic E-state index is 13.4. The molecule has 32 heavy (non-hydrogen) atoms. The molecular weight excluding hydrogens is 408 g/mol. The highest BCUT2D eigenvalue weighted by atomic mass is 16.5. The van der Waals surface area contributed by atoms with E-state index in [1.165, 1.54) is 20.5 Å². The van der Waals surface area contributed by atoms with Crippen LogP contribution in [0.3, 0.4) is 0 Å². The number of Topliss-reactive ketones (excluding diaryl/α,β-unsaturated/α-hetero) is 1. The number of esters is 1. The number of benzene rings is 1. The molecule has 3 aliphatic rings. The van der Waals surface area contributed by atoms with Gasteiger partial charge in [-0.15, -0.1) is 0 Å². The van der Waals surface area contributed by atoms with E-state index in [0.29, 0.717) is 24.8 Å². The van der Waals surface area contributed by atoms with Gasteiger partial charge in [0.1, 0.15) is 5.78 Å². The molecule has 0 aromatic heterocycles. The number of nitrogens with one attached hydrogen (secondary N) is 1. The van der Waals surface area contributed by atoms with Crippen molar-refractivity contribution in [1.29, 1.82) is 0 Å². The summed E-state index contributed by atoms with van der Waals surface area (Å²) in [5.74, 6) is -0.398. The molecule has 1 amide bonds. The Morgan fingerprint density at radius 2 is 2.03 bits per heavy atom. The normalized spacial score (nSPS) is 31.8. The molecule has 1 aromatic carbocycles. The first-order valence-corrected chi connectivity index (χ1v) is 11.4. The number of ketones is 1. The standard InChI is InChI=1S/C25H32N2O5/c1-5-16-17(18(14-31-3)23(29)32-4)13-22-25(10-11-27(22)21(16)12-15(2)28)19-8-6-7-9-20(19)26-24(25)30/h6-9,14,16-17,21-22H,5,10-13H2,1-4H3,(H,26,30)/t16-,17+,21+,22+,25-/m1/s1. The summed E-state index contributed by atoms with van der Waals surface area (Å²) < 4.78 is 10.4. The Labute approximate surface area is 189 Å². The van der Waals surface area contributed by atoms with Crippen molar-refractivity contribution in [3.63, 3.8) is 0 Å². The van der Waals surface area contributed by atoms with Crippen molar-refractivity contribution in [2.75, 3.05) is 26.1 Å². The number of para-hydroxylation sites is 1. The minimum absolute atomic E-state index is 0.0109. The first kappa shape index (κ1) is 22.5. The topological polar surface area (TPSA) is 84.9 Å². The fourth-order valence-corrected chi connectivity index (χ4v) is 6.50. The van der Waals surface area contributed by atoms with Gasteiger partial charge in [-0.2, -0.15) is 0 Å². The van der Waals surface area contributed by atoms with Crippen molar-refractivity contribution in [3.05, 3.63) is 41.7 Å². The van der Waals surface area contributed by atoms with Crippen molar-refractivity contribution in [2.24, 2.45) is 11.8 Å². The number of piperidine rings is 1. The molecule has 3 aliphatic heterocycles. The van der Waals surface area contributed by atoms with Crippen LogP contribution in [0.4, 0.5) is 5.69 Å². The molecule has 2 fully saturated rings. The van der Waals surface area contributed by atoms with Gasteiger partial charge in [-0.25, -0.2) is 4.79 Å². The number of methoxy groups -OCH3 is 2. The number of anilines is 1. The number of ether oxygens (including phenoxy) is 2. The lowest BCUT2D eigenvalue weighted by Gasteiger charge is -2.50. The SMILES string of the molecule is CC[C@@H]1[C@@H](C(=COC)C(=O)OC)C[C@@H]2N(CC[C@]23C(=O)Nc2ccccc23)[C@H]1CC(C)=O. The van der Waals surface area contributed by atoms with Gasteiger partial charge in [0.25, 0.3) is 0 Å². The number of hydrogen-bond donors (Lipinski definition) is 1. The molecule has 7 heteroatoms. The largest absolute Gasteiger partial charge is 0.504 e. The van der Waals surface area contributed by atoms with Crippen molar-refractivity contribution >= 4 is 23.3 Å². The summed E-state index contributed by atoms with van der Waals surface area (Å²) in [6.07, 6.45) is 3.99. The van der Waals surface area contributed by atoms with Crippen molar-refractivity contribution in [3.8, 4) is 0 Å². The molecule has 5 atom stereocenters. The second-order valence-electron chi connectivity index (χ2n) is 9.16. The Balaban J connectivity index is 1.83. The maximum Gasteiger partial charge on any atom is 0.337 e. The van der Waals surface area contributed by atoms with Crippen LogP contribution >= 0.6 is 0 Å². The first-order valence-electron chi connectivity index (χ1n) is 11.4. The zero-order chi connectivity index (χ0) is 23.0. The highest BCUT2D eigenvalue weighted by Crippen LogP contribution is 2.55. The lowest BCUT2D eigenvalue weighted by Crippen LogP contribution is -2.58. The molecule has 0 bridgehead atoms. The molecule has 0 saturated carbocycles. The molecule has 1 N–H and O–H groups in total. The van der Waals surface area contributed by atoms with Crippen LogP contribution in [-0.4, -0.2) is 55.4 Å². The second-order valence-corrected chi connectivity index (χ2v) is 9.16. The van der Waals surface area contributed by atoms with Gasteiger partial charge in [-0.1, -0.05) is 31.5 Å². The first-order chi connectivity index (χ1) is 15.4. The van der Waals surface area contributed by atoms with Crippen LogP contribution in [0.25, 0.3) is 0 Å². The number of carbonyl (C=O) groups excluding carboxylic acids is 3. The van der Waals surface area contributed by atoms with E-state index >= 15 is 0 Å². The molecule has 0 radical (unpaired) electrons. The lowest BCUT2D eigenvalue weighted by atomic mass is 9.65. The average Bonchev–Trinajstić information content (AvgIpc) is 3.30. The number of hydrogen-bond acceptors (Lipinski definition) is 6. The van der Waals surface area contributed by atoms with Crippen LogP contribution in [0.2, 0.25) is 0 Å². The fraction of sp³-hybridized carbons (Fsp3) is 0.560. The molecule has 0 unspecified atom stereocenters. The van der Waals surface area contributed by atoms with Gasteiger partial charge in [-0.05, 0) is 43.2 Å². The second kappa shape index (κ2) is 8.70. The van der Waals surface area contributed by atoms with E-state index in [-0.39, 0.29) is 35.6 Å². The van der Waals surface area contributed by atoms with E-state index in [9.17, 15) is 14.4 Å². The summed E-state index contributed by atoms with van der Waals surface area (Å²) in [5, 5.41) is 3.08. The van der Waals surface area contributed by atoms with Crippen LogP contribution < -0.4 is 5.32 Å². The van der Waals surface area contributed by atoms with Crippen molar-refractivity contribution < 1.29 is 23.9 Å². The third-order valence-electron chi connectivity index (χ3n) is 7.74. The average molecular weight is 441 g/mol. The zero-order valence-corrected chi connectivity index (χ0v) is 19.2. The summed E-state index contributed by atoms with van der Waals surface area (Å²) in [7, 11) is 2.89. The minimum atomic E-state index is -0.684. The Morgan fingerprint density at radius 3 is 2.69 bits per heavy atom. The van der Waals surface area contributed by atoms with E-state index in [1.807, 2.05) is 24.3 Å². The van der Waals surface area contributed by atoms with E-state index in [2.05, 4.69) is 17.1 Å². The summed E-state index contributed by atoms with van der Waals surface area (Å²) in [6.45, 7) is 4.45. The van der Waals surface area contributed by atoms with Gasteiger partial charge in [0.2, 0.25) is 5.91 Å². The van der Waals surface area contributed by atoms with Gasteiger partial charge in [-0.3, -0.25) is 14.5 Å².